The molecule has 0 spiro atoms. The van der Waals surface area contributed by atoms with Crippen LogP contribution in [-0.2, 0) is 29.2 Å². The molecule has 5 amide bonds. The largest absolute Gasteiger partial charge is 0.363 e. The fourth-order valence-corrected chi connectivity index (χ4v) is 9.96. The van der Waals surface area contributed by atoms with Crippen LogP contribution in [0.3, 0.4) is 0 Å². The minimum absolute atomic E-state index is 0.00349. The molecule has 2 aliphatic carbocycles. The number of Topliss-reactive ketones (excluding diaryl/α,β-unsaturated/α-hetero) is 1. The van der Waals surface area contributed by atoms with Gasteiger partial charge in [-0.25, -0.2) is 13.2 Å². The molecule has 5 N–H and O–H groups in total. The van der Waals surface area contributed by atoms with Crippen LogP contribution >= 0.6 is 11.3 Å². The van der Waals surface area contributed by atoms with Crippen LogP contribution < -0.4 is 21.7 Å². The number of thiophene rings is 1. The summed E-state index contributed by atoms with van der Waals surface area (Å²) in [7, 11) is -2.29. The van der Waals surface area contributed by atoms with Crippen LogP contribution in [0.2, 0.25) is 0 Å². The second-order valence-corrected chi connectivity index (χ2v) is 19.8. The molecule has 1 aromatic heterocycles. The number of amides is 5. The molecule has 15 heteroatoms. The van der Waals surface area contributed by atoms with Gasteiger partial charge in [-0.2, -0.15) is 4.31 Å². The normalized spacial score (nSPS) is 22.6. The Morgan fingerprint density at radius 2 is 1.69 bits per heavy atom. The Hall–Kier alpha value is -3.04. The molecule has 2 saturated carbocycles. The second kappa shape index (κ2) is 16.3. The molecule has 5 atom stereocenters. The first-order valence-electron chi connectivity index (χ1n) is 18.3. The van der Waals surface area contributed by atoms with Gasteiger partial charge in [0.1, 0.15) is 16.3 Å². The molecule has 51 heavy (non-hydrogen) atoms. The fraction of sp³-hybridized carbons (Fsp3) is 0.750. The summed E-state index contributed by atoms with van der Waals surface area (Å²) in [5.74, 6) is -2.78. The molecule has 1 saturated heterocycles. The summed E-state index contributed by atoms with van der Waals surface area (Å²) in [4.78, 5) is 69.0. The minimum Gasteiger partial charge on any atom is -0.363 e. The maximum Gasteiger partial charge on any atom is 0.315 e. The van der Waals surface area contributed by atoms with Crippen LogP contribution in [0.15, 0.2) is 21.7 Å². The van der Waals surface area contributed by atoms with Gasteiger partial charge in [0, 0.05) is 26.2 Å². The van der Waals surface area contributed by atoms with Crippen LogP contribution in [0, 0.1) is 28.6 Å². The Morgan fingerprint density at radius 3 is 2.22 bits per heavy atom. The molecule has 1 aliphatic heterocycles. The molecule has 286 valence electrons. The lowest BCUT2D eigenvalue weighted by Crippen LogP contribution is -2.63. The van der Waals surface area contributed by atoms with Gasteiger partial charge in [0.2, 0.25) is 17.6 Å². The Kier molecular flexibility index (Phi) is 13.0. The van der Waals surface area contributed by atoms with Crippen LogP contribution in [0.25, 0.3) is 0 Å². The Bertz CT molecular complexity index is 1530. The van der Waals surface area contributed by atoms with Crippen LogP contribution in [0.4, 0.5) is 4.79 Å². The van der Waals surface area contributed by atoms with Crippen LogP contribution in [0.1, 0.15) is 99.3 Å². The molecule has 13 nitrogen and oxygen atoms in total. The average molecular weight is 751 g/mol. The van der Waals surface area contributed by atoms with Crippen molar-refractivity contribution in [2.75, 3.05) is 20.1 Å². The number of urea groups is 1. The zero-order valence-corrected chi connectivity index (χ0v) is 32.8. The van der Waals surface area contributed by atoms with E-state index in [2.05, 4.69) is 16.0 Å². The van der Waals surface area contributed by atoms with Gasteiger partial charge in [-0.1, -0.05) is 79.7 Å². The van der Waals surface area contributed by atoms with E-state index in [9.17, 15) is 32.4 Å². The number of primary amides is 1. The highest BCUT2D eigenvalue weighted by Gasteiger charge is 2.50. The second-order valence-electron chi connectivity index (χ2n) is 16.5. The van der Waals surface area contributed by atoms with Gasteiger partial charge < -0.3 is 26.6 Å². The lowest BCUT2D eigenvalue weighted by atomic mass is 9.70. The zero-order valence-electron chi connectivity index (χ0n) is 31.2. The highest BCUT2D eigenvalue weighted by molar-refractivity contribution is 7.91. The van der Waals surface area contributed by atoms with Gasteiger partial charge in [-0.3, -0.25) is 19.2 Å². The maximum atomic E-state index is 14.8. The molecule has 0 radical (unpaired) electrons. The number of hydrogen-bond donors (Lipinski definition) is 4. The van der Waals surface area contributed by atoms with Crippen molar-refractivity contribution >= 4 is 50.9 Å². The lowest BCUT2D eigenvalue weighted by Gasteiger charge is -2.43. The first-order chi connectivity index (χ1) is 23.8. The number of likely N-dealkylation sites (tertiary alicyclic amines) is 1. The van der Waals surface area contributed by atoms with E-state index < -0.39 is 68.6 Å². The average Bonchev–Trinajstić information content (AvgIpc) is 3.48. The SMILES string of the molecule is CC(C)[C@H]1CCN(C(=O)[C@@H](NC(=O)N[C@H](CN(C)S(=O)(=O)c2cccs2)C(C)(C)C)C2(C)CCCCC2)[C@@H]1C(=O)NC(CC1CC1)C(=O)C(N)=O. The van der Waals surface area contributed by atoms with Crippen molar-refractivity contribution < 1.29 is 32.4 Å². The van der Waals surface area contributed by atoms with Crippen LogP contribution in [-0.4, -0.2) is 91.5 Å². The maximum absolute atomic E-state index is 14.8. The van der Waals surface area contributed by atoms with Crippen molar-refractivity contribution in [3.05, 3.63) is 17.5 Å². The monoisotopic (exact) mass is 750 g/mol. The third-order valence-corrected chi connectivity index (χ3v) is 14.4. The molecule has 1 unspecified atom stereocenters. The highest BCUT2D eigenvalue weighted by Crippen LogP contribution is 2.41. The van der Waals surface area contributed by atoms with Gasteiger partial charge in [-0.05, 0) is 65.7 Å². The van der Waals surface area contributed by atoms with E-state index in [0.29, 0.717) is 32.2 Å². The standard InChI is InChI=1S/C36H58N6O7S2/c1-22(2)24-15-18-42(28(24)32(45)38-25(20-23-13-14-23)29(43)31(37)44)33(46)30(36(6)16-9-8-10-17-36)40-34(47)39-26(35(3,4)5)21-41(7)51(48,49)27-12-11-19-50-27/h11-12,19,22-26,28,30H,8-10,13-18,20-21H2,1-7H3,(H2,37,44)(H,38,45)(H2,39,40,47)/t24-,25?,26-,28+,30-/m1/s1. The van der Waals surface area contributed by atoms with E-state index in [-0.39, 0.29) is 34.4 Å². The number of nitrogens with one attached hydrogen (secondary N) is 3. The van der Waals surface area contributed by atoms with E-state index >= 15 is 0 Å². The van der Waals surface area contributed by atoms with E-state index in [1.807, 2.05) is 41.5 Å². The molecule has 0 bridgehead atoms. The quantitative estimate of drug-likeness (QED) is 0.197. The molecule has 2 heterocycles. The van der Waals surface area contributed by atoms with E-state index in [0.717, 1.165) is 43.4 Å². The molecule has 1 aromatic rings. The van der Waals surface area contributed by atoms with E-state index in [1.54, 1.807) is 22.4 Å². The van der Waals surface area contributed by atoms with Gasteiger partial charge in [-0.15, -0.1) is 11.3 Å². The molecular formula is C36H58N6O7S2. The van der Waals surface area contributed by atoms with Crippen molar-refractivity contribution in [2.24, 2.45) is 34.3 Å². The van der Waals surface area contributed by atoms with Crippen molar-refractivity contribution in [2.45, 2.75) is 128 Å². The van der Waals surface area contributed by atoms with Crippen molar-refractivity contribution in [1.82, 2.24) is 25.2 Å². The Labute approximate surface area is 307 Å². The fourth-order valence-electron chi connectivity index (χ4n) is 7.58. The molecule has 3 fully saturated rings. The summed E-state index contributed by atoms with van der Waals surface area (Å²) < 4.78 is 27.9. The molecule has 0 aromatic carbocycles. The van der Waals surface area contributed by atoms with Gasteiger partial charge in [0.15, 0.2) is 0 Å². The Balaban J connectivity index is 1.59. The molecular weight excluding hydrogens is 693 g/mol. The Morgan fingerprint density at radius 1 is 1.04 bits per heavy atom. The lowest BCUT2D eigenvalue weighted by molar-refractivity contribution is -0.145. The number of sulfonamides is 1. The number of hydrogen-bond acceptors (Lipinski definition) is 8. The summed E-state index contributed by atoms with van der Waals surface area (Å²) in [5, 5.41) is 10.5. The summed E-state index contributed by atoms with van der Waals surface area (Å²) in [6, 6.07) is -0.929. The topological polar surface area (TPSA) is 188 Å². The summed E-state index contributed by atoms with van der Waals surface area (Å²) >= 11 is 1.12. The van der Waals surface area contributed by atoms with Crippen molar-refractivity contribution in [1.29, 1.82) is 0 Å². The highest BCUT2D eigenvalue weighted by atomic mass is 32.2. The molecule has 3 aliphatic rings. The number of ketones is 1. The number of nitrogens with zero attached hydrogens (tertiary/aromatic N) is 2. The van der Waals surface area contributed by atoms with Gasteiger partial charge in [0.25, 0.3) is 15.9 Å². The summed E-state index contributed by atoms with van der Waals surface area (Å²) in [5.41, 5.74) is 4.20. The first-order valence-corrected chi connectivity index (χ1v) is 20.6. The van der Waals surface area contributed by atoms with Gasteiger partial charge >= 0.3 is 6.03 Å². The zero-order chi connectivity index (χ0) is 37.9. The third-order valence-electron chi connectivity index (χ3n) is 11.2. The predicted molar refractivity (Wildman–Crippen MR) is 196 cm³/mol. The number of nitrogens with two attached hydrogens (primary N) is 1. The van der Waals surface area contributed by atoms with Crippen molar-refractivity contribution in [3.63, 3.8) is 0 Å². The van der Waals surface area contributed by atoms with E-state index in [1.165, 1.54) is 11.4 Å². The summed E-state index contributed by atoms with van der Waals surface area (Å²) in [6.07, 6.45) is 6.88. The number of rotatable bonds is 15. The number of carbonyl (C=O) groups is 5. The van der Waals surface area contributed by atoms with Crippen molar-refractivity contribution in [3.8, 4) is 0 Å². The number of likely N-dealkylation sites (N-methyl/N-ethyl adjacent to an activating group) is 1. The smallest absolute Gasteiger partial charge is 0.315 e. The minimum atomic E-state index is -3.78. The summed E-state index contributed by atoms with van der Waals surface area (Å²) in [6.45, 7) is 12.0. The third kappa shape index (κ3) is 9.89. The molecule has 4 rings (SSSR count). The number of carbonyl (C=O) groups excluding carboxylic acids is 5. The van der Waals surface area contributed by atoms with Crippen LogP contribution in [0.5, 0.6) is 0 Å². The first kappa shape index (κ1) is 40.7. The predicted octanol–water partition coefficient (Wildman–Crippen LogP) is 3.63. The van der Waals surface area contributed by atoms with Gasteiger partial charge in [0.05, 0.1) is 6.04 Å². The van der Waals surface area contributed by atoms with E-state index in [4.69, 9.17) is 5.73 Å².